The maximum atomic E-state index is 12.1. The molecular formula is C17H14O4. The summed E-state index contributed by atoms with van der Waals surface area (Å²) < 4.78 is 5.15. The monoisotopic (exact) mass is 282 g/mol. The van der Waals surface area contributed by atoms with Crippen LogP contribution in [0.25, 0.3) is 0 Å². The molecule has 0 saturated carbocycles. The van der Waals surface area contributed by atoms with Gasteiger partial charge in [-0.2, -0.15) is 0 Å². The molecule has 0 heterocycles. The zero-order valence-electron chi connectivity index (χ0n) is 11.5. The van der Waals surface area contributed by atoms with Gasteiger partial charge < -0.3 is 4.74 Å². The molecule has 2 aromatic carbocycles. The third-order valence-corrected chi connectivity index (χ3v) is 2.99. The topological polar surface area (TPSA) is 60.4 Å². The highest BCUT2D eigenvalue weighted by Crippen LogP contribution is 2.10. The van der Waals surface area contributed by atoms with Crippen molar-refractivity contribution in [1.82, 2.24) is 0 Å². The summed E-state index contributed by atoms with van der Waals surface area (Å²) in [4.78, 5) is 34.6. The van der Waals surface area contributed by atoms with Crippen molar-refractivity contribution < 1.29 is 19.1 Å². The van der Waals surface area contributed by atoms with Crippen molar-refractivity contribution in [3.05, 3.63) is 71.3 Å². The molecular weight excluding hydrogens is 268 g/mol. The molecule has 0 bridgehead atoms. The van der Waals surface area contributed by atoms with Crippen LogP contribution in [0.15, 0.2) is 54.6 Å². The molecule has 1 unspecified atom stereocenters. The molecule has 4 nitrogen and oxygen atoms in total. The first kappa shape index (κ1) is 14.7. The zero-order chi connectivity index (χ0) is 15.2. The van der Waals surface area contributed by atoms with Gasteiger partial charge in [0.15, 0.2) is 6.10 Å². The average molecular weight is 282 g/mol. The Morgan fingerprint density at radius 3 is 2.14 bits per heavy atom. The Hall–Kier alpha value is -2.75. The first-order valence-corrected chi connectivity index (χ1v) is 6.47. The van der Waals surface area contributed by atoms with E-state index in [0.717, 1.165) is 0 Å². The number of aldehydes is 1. The first-order chi connectivity index (χ1) is 10.1. The van der Waals surface area contributed by atoms with Crippen LogP contribution in [0, 0.1) is 0 Å². The van der Waals surface area contributed by atoms with Crippen molar-refractivity contribution >= 4 is 18.0 Å². The molecule has 0 radical (unpaired) electrons. The van der Waals surface area contributed by atoms with Gasteiger partial charge in [0.1, 0.15) is 6.29 Å². The Morgan fingerprint density at radius 2 is 1.57 bits per heavy atom. The van der Waals surface area contributed by atoms with Crippen LogP contribution >= 0.6 is 0 Å². The number of carbonyl (C=O) groups is 3. The lowest BCUT2D eigenvalue weighted by molar-refractivity contribution is 0.0319. The van der Waals surface area contributed by atoms with E-state index in [-0.39, 0.29) is 5.78 Å². The third kappa shape index (κ3) is 3.63. The minimum Gasteiger partial charge on any atom is -0.451 e. The summed E-state index contributed by atoms with van der Waals surface area (Å²) in [6.07, 6.45) is -0.179. The fourth-order valence-electron chi connectivity index (χ4n) is 1.82. The largest absolute Gasteiger partial charge is 0.451 e. The lowest BCUT2D eigenvalue weighted by Gasteiger charge is -2.12. The number of esters is 1. The van der Waals surface area contributed by atoms with Crippen LogP contribution in [-0.2, 0) is 4.74 Å². The van der Waals surface area contributed by atoms with Gasteiger partial charge in [0.25, 0.3) is 0 Å². The van der Waals surface area contributed by atoms with Gasteiger partial charge in [0.2, 0.25) is 5.78 Å². The van der Waals surface area contributed by atoms with Crippen molar-refractivity contribution in [3.8, 4) is 0 Å². The van der Waals surface area contributed by atoms with Crippen LogP contribution in [0.2, 0.25) is 0 Å². The van der Waals surface area contributed by atoms with Gasteiger partial charge >= 0.3 is 5.97 Å². The second-order valence-corrected chi connectivity index (χ2v) is 4.52. The van der Waals surface area contributed by atoms with Gasteiger partial charge in [-0.05, 0) is 19.1 Å². The van der Waals surface area contributed by atoms with Gasteiger partial charge in [-0.3, -0.25) is 9.59 Å². The SMILES string of the molecule is CC(OC(=O)c1ccc(C=O)cc1)C(=O)c1ccccc1. The van der Waals surface area contributed by atoms with E-state index in [9.17, 15) is 14.4 Å². The number of ketones is 1. The molecule has 0 aliphatic carbocycles. The zero-order valence-corrected chi connectivity index (χ0v) is 11.5. The highest BCUT2D eigenvalue weighted by molar-refractivity contribution is 6.01. The van der Waals surface area contributed by atoms with Gasteiger partial charge in [-0.1, -0.05) is 42.5 Å². The Kier molecular flexibility index (Phi) is 4.61. The molecule has 21 heavy (non-hydrogen) atoms. The summed E-state index contributed by atoms with van der Waals surface area (Å²) in [6.45, 7) is 1.53. The molecule has 2 aromatic rings. The van der Waals surface area contributed by atoms with Crippen LogP contribution in [0.1, 0.15) is 38.0 Å². The summed E-state index contributed by atoms with van der Waals surface area (Å²) in [5.41, 5.74) is 1.27. The summed E-state index contributed by atoms with van der Waals surface area (Å²) in [6, 6.07) is 14.7. The predicted molar refractivity (Wildman–Crippen MR) is 77.5 cm³/mol. The number of benzene rings is 2. The Labute approximate surface area is 122 Å². The van der Waals surface area contributed by atoms with Crippen molar-refractivity contribution in [2.75, 3.05) is 0 Å². The minimum absolute atomic E-state index is 0.256. The number of hydrogen-bond acceptors (Lipinski definition) is 4. The summed E-state index contributed by atoms with van der Waals surface area (Å²) >= 11 is 0. The van der Waals surface area contributed by atoms with E-state index in [1.807, 2.05) is 6.07 Å². The lowest BCUT2D eigenvalue weighted by Crippen LogP contribution is -2.24. The van der Waals surface area contributed by atoms with Crippen LogP contribution in [0.3, 0.4) is 0 Å². The number of carbonyl (C=O) groups excluding carboxylic acids is 3. The quantitative estimate of drug-likeness (QED) is 0.480. The van der Waals surface area contributed by atoms with E-state index in [1.165, 1.54) is 31.2 Å². The van der Waals surface area contributed by atoms with Crippen molar-refractivity contribution in [2.45, 2.75) is 13.0 Å². The summed E-state index contributed by atoms with van der Waals surface area (Å²) in [7, 11) is 0. The molecule has 0 spiro atoms. The molecule has 106 valence electrons. The van der Waals surface area contributed by atoms with E-state index >= 15 is 0 Å². The third-order valence-electron chi connectivity index (χ3n) is 2.99. The molecule has 1 atom stereocenters. The highest BCUT2D eigenvalue weighted by Gasteiger charge is 2.20. The molecule has 0 N–H and O–H groups in total. The van der Waals surface area contributed by atoms with Gasteiger partial charge in [-0.25, -0.2) is 4.79 Å². The van der Waals surface area contributed by atoms with Crippen molar-refractivity contribution in [2.24, 2.45) is 0 Å². The van der Waals surface area contributed by atoms with Gasteiger partial charge in [-0.15, -0.1) is 0 Å². The molecule has 0 aliphatic heterocycles. The maximum absolute atomic E-state index is 12.1. The summed E-state index contributed by atoms with van der Waals surface area (Å²) in [5, 5.41) is 0. The average Bonchev–Trinajstić information content (AvgIpc) is 2.55. The minimum atomic E-state index is -0.870. The van der Waals surface area contributed by atoms with Crippen LogP contribution in [0.4, 0.5) is 0 Å². The molecule has 0 saturated heterocycles. The molecule has 2 rings (SSSR count). The number of rotatable bonds is 5. The normalized spacial score (nSPS) is 11.5. The van der Waals surface area contributed by atoms with Crippen LogP contribution < -0.4 is 0 Å². The highest BCUT2D eigenvalue weighted by atomic mass is 16.5. The maximum Gasteiger partial charge on any atom is 0.338 e. The lowest BCUT2D eigenvalue weighted by atomic mass is 10.1. The van der Waals surface area contributed by atoms with E-state index in [4.69, 9.17) is 4.74 Å². The van der Waals surface area contributed by atoms with E-state index in [2.05, 4.69) is 0 Å². The van der Waals surface area contributed by atoms with Crippen molar-refractivity contribution in [1.29, 1.82) is 0 Å². The summed E-state index contributed by atoms with van der Waals surface area (Å²) in [5.74, 6) is -0.849. The van der Waals surface area contributed by atoms with E-state index in [0.29, 0.717) is 23.0 Å². The second kappa shape index (κ2) is 6.61. The van der Waals surface area contributed by atoms with Gasteiger partial charge in [0.05, 0.1) is 5.56 Å². The van der Waals surface area contributed by atoms with Crippen LogP contribution in [0.5, 0.6) is 0 Å². The Morgan fingerprint density at radius 1 is 0.952 bits per heavy atom. The molecule has 0 aliphatic rings. The fourth-order valence-corrected chi connectivity index (χ4v) is 1.82. The smallest absolute Gasteiger partial charge is 0.338 e. The molecule has 0 amide bonds. The Balaban J connectivity index is 2.04. The fraction of sp³-hybridized carbons (Fsp3) is 0.118. The Bertz CT molecular complexity index is 644. The first-order valence-electron chi connectivity index (χ1n) is 6.47. The number of Topliss-reactive ketones (excluding diaryl/α,β-unsaturated/α-hetero) is 1. The molecule has 0 fully saturated rings. The van der Waals surface area contributed by atoms with E-state index < -0.39 is 12.1 Å². The van der Waals surface area contributed by atoms with Crippen molar-refractivity contribution in [3.63, 3.8) is 0 Å². The number of ether oxygens (including phenoxy) is 1. The standard InChI is InChI=1S/C17H14O4/c1-12(16(19)14-5-3-2-4-6-14)21-17(20)15-9-7-13(11-18)8-10-15/h2-12H,1H3. The van der Waals surface area contributed by atoms with Crippen LogP contribution in [-0.4, -0.2) is 24.1 Å². The molecule has 4 heteroatoms. The predicted octanol–water partition coefficient (Wildman–Crippen LogP) is 2.93. The van der Waals surface area contributed by atoms with Gasteiger partial charge in [0, 0.05) is 11.1 Å². The van der Waals surface area contributed by atoms with E-state index in [1.54, 1.807) is 24.3 Å². The molecule has 0 aromatic heterocycles. The number of hydrogen-bond donors (Lipinski definition) is 0. The second-order valence-electron chi connectivity index (χ2n) is 4.52.